The highest BCUT2D eigenvalue weighted by molar-refractivity contribution is 5.47. The fourth-order valence-electron chi connectivity index (χ4n) is 3.19. The van der Waals surface area contributed by atoms with Crippen molar-refractivity contribution < 1.29 is 4.74 Å². The van der Waals surface area contributed by atoms with Gasteiger partial charge in [0.2, 0.25) is 0 Å². The van der Waals surface area contributed by atoms with Crippen molar-refractivity contribution in [1.29, 1.82) is 0 Å². The Morgan fingerprint density at radius 1 is 1.62 bits per heavy atom. The van der Waals surface area contributed by atoms with Gasteiger partial charge in [-0.3, -0.25) is 4.90 Å². The molecule has 4 aliphatic rings. The number of hydrogen-bond donors (Lipinski definition) is 0. The minimum Gasteiger partial charge on any atom is -0.374 e. The zero-order chi connectivity index (χ0) is 8.63. The lowest BCUT2D eigenvalue weighted by molar-refractivity contribution is 0.142. The fraction of sp³-hybridized carbons (Fsp3) is 0.800. The summed E-state index contributed by atoms with van der Waals surface area (Å²) in [6.45, 7) is 2.32. The average molecular weight is 178 g/mol. The van der Waals surface area contributed by atoms with Crippen molar-refractivity contribution in [3.05, 3.63) is 11.8 Å². The normalized spacial score (nSPS) is 51.8. The van der Waals surface area contributed by atoms with Gasteiger partial charge in [0, 0.05) is 25.8 Å². The van der Waals surface area contributed by atoms with E-state index in [2.05, 4.69) is 22.9 Å². The SMILES string of the molecule is CN1CC2OC2N2CCCC23C=C13. The molecule has 0 amide bonds. The quantitative estimate of drug-likeness (QED) is 0.500. The largest absolute Gasteiger partial charge is 0.374 e. The molecule has 3 aliphatic heterocycles. The molecule has 3 nitrogen and oxygen atoms in total. The second-order valence-electron chi connectivity index (χ2n) is 4.70. The Kier molecular flexibility index (Phi) is 0.943. The minimum atomic E-state index is 0.352. The van der Waals surface area contributed by atoms with Gasteiger partial charge in [-0.05, 0) is 18.9 Å². The molecule has 1 spiro atoms. The molecule has 1 aliphatic carbocycles. The second-order valence-corrected chi connectivity index (χ2v) is 4.70. The lowest BCUT2D eigenvalue weighted by Gasteiger charge is -2.25. The molecule has 3 heteroatoms. The fourth-order valence-corrected chi connectivity index (χ4v) is 3.19. The lowest BCUT2D eigenvalue weighted by Crippen LogP contribution is -2.37. The molecular weight excluding hydrogens is 164 g/mol. The van der Waals surface area contributed by atoms with E-state index in [1.165, 1.54) is 19.4 Å². The van der Waals surface area contributed by atoms with E-state index in [4.69, 9.17) is 4.74 Å². The van der Waals surface area contributed by atoms with Crippen molar-refractivity contribution in [3.63, 3.8) is 0 Å². The van der Waals surface area contributed by atoms with E-state index in [-0.39, 0.29) is 0 Å². The van der Waals surface area contributed by atoms with Crippen molar-refractivity contribution in [2.24, 2.45) is 0 Å². The van der Waals surface area contributed by atoms with Gasteiger partial charge in [0.15, 0.2) is 0 Å². The van der Waals surface area contributed by atoms with Crippen molar-refractivity contribution in [1.82, 2.24) is 9.80 Å². The number of ether oxygens (including phenoxy) is 1. The number of nitrogens with zero attached hydrogens (tertiary/aromatic N) is 2. The molecule has 0 bridgehead atoms. The summed E-state index contributed by atoms with van der Waals surface area (Å²) < 4.78 is 5.68. The summed E-state index contributed by atoms with van der Waals surface area (Å²) in [5.74, 6) is 0. The molecule has 3 heterocycles. The van der Waals surface area contributed by atoms with Gasteiger partial charge >= 0.3 is 0 Å². The van der Waals surface area contributed by atoms with Crippen LogP contribution in [0, 0.1) is 0 Å². The predicted molar refractivity (Wildman–Crippen MR) is 48.0 cm³/mol. The smallest absolute Gasteiger partial charge is 0.140 e. The number of rotatable bonds is 0. The van der Waals surface area contributed by atoms with Gasteiger partial charge in [0.05, 0.1) is 5.54 Å². The first-order chi connectivity index (χ1) is 6.31. The molecule has 70 valence electrons. The van der Waals surface area contributed by atoms with Gasteiger partial charge in [-0.25, -0.2) is 0 Å². The molecule has 13 heavy (non-hydrogen) atoms. The average Bonchev–Trinajstić information content (AvgIpc) is 2.91. The van der Waals surface area contributed by atoms with E-state index < -0.39 is 0 Å². The third-order valence-corrected chi connectivity index (χ3v) is 3.93. The van der Waals surface area contributed by atoms with E-state index >= 15 is 0 Å². The van der Waals surface area contributed by atoms with Gasteiger partial charge in [0.1, 0.15) is 12.3 Å². The molecule has 0 aromatic carbocycles. The minimum absolute atomic E-state index is 0.352. The molecule has 4 rings (SSSR count). The van der Waals surface area contributed by atoms with Crippen LogP contribution in [0.5, 0.6) is 0 Å². The topological polar surface area (TPSA) is 19.0 Å². The summed E-state index contributed by atoms with van der Waals surface area (Å²) in [7, 11) is 2.20. The summed E-state index contributed by atoms with van der Waals surface area (Å²) in [6.07, 6.45) is 6.02. The molecule has 3 saturated heterocycles. The molecule has 0 radical (unpaired) electrons. The Balaban J connectivity index is 1.76. The van der Waals surface area contributed by atoms with Crippen LogP contribution in [-0.2, 0) is 4.74 Å². The number of epoxide rings is 1. The van der Waals surface area contributed by atoms with E-state index in [0.717, 1.165) is 6.54 Å². The third kappa shape index (κ3) is 0.659. The number of fused-ring (bicyclic) bond motifs is 2. The maximum absolute atomic E-state index is 5.68. The maximum Gasteiger partial charge on any atom is 0.140 e. The Labute approximate surface area is 77.9 Å². The van der Waals surface area contributed by atoms with Crippen LogP contribution < -0.4 is 0 Å². The van der Waals surface area contributed by atoms with Crippen LogP contribution in [-0.4, -0.2) is 47.8 Å². The van der Waals surface area contributed by atoms with E-state index in [1.54, 1.807) is 5.70 Å². The van der Waals surface area contributed by atoms with Crippen LogP contribution >= 0.6 is 0 Å². The van der Waals surface area contributed by atoms with Crippen LogP contribution in [0.15, 0.2) is 11.8 Å². The first kappa shape index (κ1) is 6.85. The third-order valence-electron chi connectivity index (χ3n) is 3.93. The summed E-state index contributed by atoms with van der Waals surface area (Å²) in [5.41, 5.74) is 1.91. The van der Waals surface area contributed by atoms with Gasteiger partial charge < -0.3 is 9.64 Å². The van der Waals surface area contributed by atoms with Crippen LogP contribution in [0.25, 0.3) is 0 Å². The molecule has 0 saturated carbocycles. The zero-order valence-electron chi connectivity index (χ0n) is 7.86. The molecule has 0 N–H and O–H groups in total. The van der Waals surface area contributed by atoms with Gasteiger partial charge in [-0.1, -0.05) is 0 Å². The van der Waals surface area contributed by atoms with Gasteiger partial charge in [-0.2, -0.15) is 0 Å². The highest BCUT2D eigenvalue weighted by Crippen LogP contribution is 2.55. The van der Waals surface area contributed by atoms with Crippen molar-refractivity contribution in [3.8, 4) is 0 Å². The Bertz CT molecular complexity index is 314. The number of hydrogen-bond acceptors (Lipinski definition) is 3. The van der Waals surface area contributed by atoms with Crippen LogP contribution in [0.1, 0.15) is 12.8 Å². The van der Waals surface area contributed by atoms with E-state index in [9.17, 15) is 0 Å². The Morgan fingerprint density at radius 3 is 3.46 bits per heavy atom. The predicted octanol–water partition coefficient (Wildman–Crippen LogP) is 0.389. The summed E-state index contributed by atoms with van der Waals surface area (Å²) >= 11 is 0. The highest BCUT2D eigenvalue weighted by Gasteiger charge is 2.63. The maximum atomic E-state index is 5.68. The molecule has 0 aromatic heterocycles. The van der Waals surface area contributed by atoms with Crippen molar-refractivity contribution in [2.45, 2.75) is 30.7 Å². The van der Waals surface area contributed by atoms with Gasteiger partial charge in [-0.15, -0.1) is 0 Å². The van der Waals surface area contributed by atoms with Crippen molar-refractivity contribution in [2.75, 3.05) is 20.1 Å². The summed E-state index contributed by atoms with van der Waals surface area (Å²) in [6, 6.07) is 0. The molecule has 3 fully saturated rings. The van der Waals surface area contributed by atoms with E-state index in [0.29, 0.717) is 17.9 Å². The Hall–Kier alpha value is -0.540. The molecule has 0 aromatic rings. The van der Waals surface area contributed by atoms with Crippen LogP contribution in [0.3, 0.4) is 0 Å². The van der Waals surface area contributed by atoms with Crippen molar-refractivity contribution >= 4 is 0 Å². The first-order valence-electron chi connectivity index (χ1n) is 5.18. The Morgan fingerprint density at radius 2 is 2.54 bits per heavy atom. The molecular formula is C10H14N2O. The first-order valence-corrected chi connectivity index (χ1v) is 5.18. The second kappa shape index (κ2) is 1.79. The summed E-state index contributed by atoms with van der Waals surface area (Å²) in [4.78, 5) is 4.95. The lowest BCUT2D eigenvalue weighted by atomic mass is 10.1. The highest BCUT2D eigenvalue weighted by atomic mass is 16.6. The van der Waals surface area contributed by atoms with Crippen LogP contribution in [0.4, 0.5) is 0 Å². The zero-order valence-corrected chi connectivity index (χ0v) is 7.86. The molecule has 3 unspecified atom stereocenters. The van der Waals surface area contributed by atoms with Gasteiger partial charge in [0.25, 0.3) is 0 Å². The number of likely N-dealkylation sites (N-methyl/N-ethyl adjacent to an activating group) is 1. The standard InChI is InChI=1S/C10H14N2O/c1-11-6-7-9(13-7)12-4-2-3-10(12)5-8(10)11/h5,7,9H,2-4,6H2,1H3. The summed E-state index contributed by atoms with van der Waals surface area (Å²) in [5, 5.41) is 0. The molecule has 3 atom stereocenters. The van der Waals surface area contributed by atoms with Crippen LogP contribution in [0.2, 0.25) is 0 Å². The van der Waals surface area contributed by atoms with E-state index in [1.807, 2.05) is 0 Å². The monoisotopic (exact) mass is 178 g/mol.